The summed E-state index contributed by atoms with van der Waals surface area (Å²) in [5, 5.41) is 16.8. The van der Waals surface area contributed by atoms with Gasteiger partial charge in [-0.3, -0.25) is 10.1 Å². The topological polar surface area (TPSA) is 92.6 Å². The van der Waals surface area contributed by atoms with Crippen molar-refractivity contribution >= 4 is 22.7 Å². The van der Waals surface area contributed by atoms with Gasteiger partial charge < -0.3 is 19.7 Å². The van der Waals surface area contributed by atoms with Crippen molar-refractivity contribution in [3.63, 3.8) is 0 Å². The van der Waals surface area contributed by atoms with Gasteiger partial charge in [0.2, 0.25) is 0 Å². The molecule has 1 aromatic heterocycles. The molecule has 4 rings (SSSR count). The fraction of sp³-hybridized carbons (Fsp3) is 0.158. The summed E-state index contributed by atoms with van der Waals surface area (Å²) in [5.74, 6) is -0.524. The van der Waals surface area contributed by atoms with Crippen LogP contribution in [0.2, 0.25) is 0 Å². The summed E-state index contributed by atoms with van der Waals surface area (Å²) < 4.78 is 20.0. The molecule has 8 heteroatoms. The molecule has 1 atom stereocenters. The predicted octanol–water partition coefficient (Wildman–Crippen LogP) is 2.23. The second-order valence-corrected chi connectivity index (χ2v) is 6.35. The van der Waals surface area contributed by atoms with Gasteiger partial charge in [-0.15, -0.1) is 0 Å². The third kappa shape index (κ3) is 2.66. The summed E-state index contributed by atoms with van der Waals surface area (Å²) in [4.78, 5) is 24.5. The third-order valence-corrected chi connectivity index (χ3v) is 4.75. The van der Waals surface area contributed by atoms with E-state index >= 15 is 0 Å². The van der Waals surface area contributed by atoms with Crippen LogP contribution >= 0.6 is 0 Å². The first-order valence-electron chi connectivity index (χ1n) is 8.18. The summed E-state index contributed by atoms with van der Waals surface area (Å²) in [6.07, 6.45) is 1.67. The molecule has 3 aromatic rings. The first-order valence-corrected chi connectivity index (χ1v) is 8.18. The molecule has 0 spiro atoms. The molecule has 1 fully saturated rings. The average molecular weight is 369 g/mol. The Labute approximate surface area is 153 Å². The van der Waals surface area contributed by atoms with E-state index in [9.17, 15) is 19.1 Å². The Kier molecular flexibility index (Phi) is 3.76. The number of aromatic nitrogens is 1. The van der Waals surface area contributed by atoms with E-state index in [1.54, 1.807) is 24.4 Å². The Morgan fingerprint density at radius 2 is 1.93 bits per heavy atom. The Morgan fingerprint density at radius 1 is 1.19 bits per heavy atom. The number of hydrogen-bond acceptors (Lipinski definition) is 4. The Bertz CT molecular complexity index is 1060. The number of urea groups is 1. The van der Waals surface area contributed by atoms with Crippen molar-refractivity contribution in [2.24, 2.45) is 0 Å². The molecular weight excluding hydrogens is 353 g/mol. The second-order valence-electron chi connectivity index (χ2n) is 6.35. The fourth-order valence-corrected chi connectivity index (χ4v) is 3.36. The van der Waals surface area contributed by atoms with Gasteiger partial charge >= 0.3 is 6.03 Å². The Hall–Kier alpha value is -3.55. The minimum atomic E-state index is -1.47. The highest BCUT2D eigenvalue weighted by Crippen LogP contribution is 2.34. The SMILES string of the molecule is COc1ccc2cn(CC3(c4ccc(F)cc4)NC(=O)NC3=O)c(O)c2c1. The number of carbonyl (C=O) groups is 2. The lowest BCUT2D eigenvalue weighted by atomic mass is 9.89. The number of amides is 3. The monoisotopic (exact) mass is 369 g/mol. The molecule has 0 bridgehead atoms. The van der Waals surface area contributed by atoms with Gasteiger partial charge in [-0.2, -0.15) is 0 Å². The lowest BCUT2D eigenvalue weighted by Crippen LogP contribution is -2.47. The van der Waals surface area contributed by atoms with Crippen molar-refractivity contribution in [1.29, 1.82) is 0 Å². The van der Waals surface area contributed by atoms with Gasteiger partial charge in [0.05, 0.1) is 13.7 Å². The highest BCUT2D eigenvalue weighted by Gasteiger charge is 2.48. The molecule has 1 aliphatic rings. The van der Waals surface area contributed by atoms with E-state index in [1.165, 1.54) is 35.9 Å². The van der Waals surface area contributed by atoms with Crippen LogP contribution in [0.1, 0.15) is 5.56 Å². The maximum Gasteiger partial charge on any atom is 0.322 e. The molecule has 1 saturated heterocycles. The number of ether oxygens (including phenoxy) is 1. The van der Waals surface area contributed by atoms with Crippen molar-refractivity contribution in [2.75, 3.05) is 7.11 Å². The number of benzene rings is 2. The van der Waals surface area contributed by atoms with Crippen LogP contribution in [0.15, 0.2) is 48.7 Å². The zero-order chi connectivity index (χ0) is 19.2. The van der Waals surface area contributed by atoms with Crippen LogP contribution in [0.3, 0.4) is 0 Å². The first kappa shape index (κ1) is 16.9. The second kappa shape index (κ2) is 6.01. The van der Waals surface area contributed by atoms with Gasteiger partial charge in [0.1, 0.15) is 11.6 Å². The molecule has 138 valence electrons. The van der Waals surface area contributed by atoms with Crippen molar-refractivity contribution in [2.45, 2.75) is 12.1 Å². The maximum absolute atomic E-state index is 13.3. The molecule has 0 radical (unpaired) electrons. The number of hydrogen-bond donors (Lipinski definition) is 3. The lowest BCUT2D eigenvalue weighted by molar-refractivity contribution is -0.124. The van der Waals surface area contributed by atoms with Gasteiger partial charge in [0.25, 0.3) is 5.91 Å². The quantitative estimate of drug-likeness (QED) is 0.615. The number of nitrogens with one attached hydrogen (secondary N) is 2. The van der Waals surface area contributed by atoms with Gasteiger partial charge in [0.15, 0.2) is 11.4 Å². The normalized spacial score (nSPS) is 19.2. The summed E-state index contributed by atoms with van der Waals surface area (Å²) >= 11 is 0. The minimum absolute atomic E-state index is 0.0701. The molecular formula is C19H16FN3O4. The largest absolute Gasteiger partial charge is 0.497 e. The molecule has 1 aliphatic heterocycles. The molecule has 2 heterocycles. The summed E-state index contributed by atoms with van der Waals surface area (Å²) in [5.41, 5.74) is -1.07. The number of aromatic hydroxyl groups is 1. The molecule has 2 aromatic carbocycles. The van der Waals surface area contributed by atoms with Gasteiger partial charge in [-0.25, -0.2) is 9.18 Å². The van der Waals surface area contributed by atoms with E-state index in [0.29, 0.717) is 16.7 Å². The average Bonchev–Trinajstić information content (AvgIpc) is 3.12. The number of rotatable bonds is 4. The highest BCUT2D eigenvalue weighted by atomic mass is 19.1. The molecule has 0 aliphatic carbocycles. The molecule has 1 unspecified atom stereocenters. The van der Waals surface area contributed by atoms with Crippen molar-refractivity contribution in [3.05, 3.63) is 60.0 Å². The van der Waals surface area contributed by atoms with Crippen LogP contribution in [-0.4, -0.2) is 28.7 Å². The Balaban J connectivity index is 1.82. The number of imide groups is 1. The number of carbonyl (C=O) groups excluding carboxylic acids is 2. The molecule has 7 nitrogen and oxygen atoms in total. The molecule has 27 heavy (non-hydrogen) atoms. The van der Waals surface area contributed by atoms with Crippen LogP contribution in [0, 0.1) is 5.82 Å². The highest BCUT2D eigenvalue weighted by molar-refractivity contribution is 6.07. The van der Waals surface area contributed by atoms with Gasteiger partial charge in [0, 0.05) is 17.0 Å². The van der Waals surface area contributed by atoms with Crippen LogP contribution in [0.5, 0.6) is 11.6 Å². The van der Waals surface area contributed by atoms with Crippen molar-refractivity contribution < 1.29 is 23.8 Å². The Morgan fingerprint density at radius 3 is 2.56 bits per heavy atom. The molecule has 3 N–H and O–H groups in total. The number of fused-ring (bicyclic) bond motifs is 1. The van der Waals surface area contributed by atoms with E-state index in [-0.39, 0.29) is 12.4 Å². The molecule has 0 saturated carbocycles. The number of nitrogens with zero attached hydrogens (tertiary/aromatic N) is 1. The van der Waals surface area contributed by atoms with Gasteiger partial charge in [-0.05, 0) is 35.9 Å². The third-order valence-electron chi connectivity index (χ3n) is 4.75. The van der Waals surface area contributed by atoms with E-state index in [2.05, 4.69) is 10.6 Å². The predicted molar refractivity (Wildman–Crippen MR) is 94.9 cm³/mol. The van der Waals surface area contributed by atoms with E-state index < -0.39 is 23.3 Å². The molecule has 3 amide bonds. The van der Waals surface area contributed by atoms with Crippen LogP contribution in [-0.2, 0) is 16.9 Å². The summed E-state index contributed by atoms with van der Waals surface area (Å²) in [6.45, 7) is -0.0704. The van der Waals surface area contributed by atoms with Crippen LogP contribution in [0.4, 0.5) is 9.18 Å². The maximum atomic E-state index is 13.3. The van der Waals surface area contributed by atoms with Gasteiger partial charge in [-0.1, -0.05) is 12.1 Å². The smallest absolute Gasteiger partial charge is 0.322 e. The van der Waals surface area contributed by atoms with Crippen molar-refractivity contribution in [1.82, 2.24) is 15.2 Å². The minimum Gasteiger partial charge on any atom is -0.497 e. The van der Waals surface area contributed by atoms with Crippen molar-refractivity contribution in [3.8, 4) is 11.6 Å². The van der Waals surface area contributed by atoms with E-state index in [4.69, 9.17) is 4.74 Å². The van der Waals surface area contributed by atoms with Crippen LogP contribution < -0.4 is 15.4 Å². The zero-order valence-corrected chi connectivity index (χ0v) is 14.3. The first-order chi connectivity index (χ1) is 12.9. The fourth-order valence-electron chi connectivity index (χ4n) is 3.36. The lowest BCUT2D eigenvalue weighted by Gasteiger charge is -2.27. The van der Waals surface area contributed by atoms with Crippen LogP contribution in [0.25, 0.3) is 10.8 Å². The summed E-state index contributed by atoms with van der Waals surface area (Å²) in [6, 6.07) is 9.86. The number of methoxy groups -OCH3 is 1. The van der Waals surface area contributed by atoms with E-state index in [0.717, 1.165) is 5.39 Å². The zero-order valence-electron chi connectivity index (χ0n) is 14.3. The summed E-state index contributed by atoms with van der Waals surface area (Å²) in [7, 11) is 1.52. The van der Waals surface area contributed by atoms with E-state index in [1.807, 2.05) is 0 Å². The number of halogens is 1. The standard InChI is InChI=1S/C19H16FN3O4/c1-27-14-7-2-11-9-23(16(24)15(11)8-14)10-19(17(25)21-18(26)22-19)12-3-5-13(20)6-4-12/h2-9,24H,10H2,1H3,(H2,21,22,25,26).